The van der Waals surface area contributed by atoms with Gasteiger partial charge in [-0.3, -0.25) is 4.98 Å². The Balaban J connectivity index is 0.000000469. The molecule has 0 radical (unpaired) electrons. The first-order valence-corrected chi connectivity index (χ1v) is 11.7. The van der Waals surface area contributed by atoms with E-state index in [9.17, 15) is 21.6 Å². The Morgan fingerprint density at radius 1 is 1.00 bits per heavy atom. The maximum atomic E-state index is 13.2. The summed E-state index contributed by atoms with van der Waals surface area (Å²) < 4.78 is 64.7. The smallest absolute Gasteiger partial charge is 0.342 e. The highest BCUT2D eigenvalue weighted by Gasteiger charge is 2.35. The summed E-state index contributed by atoms with van der Waals surface area (Å²) in [5, 5.41) is -0.872. The van der Waals surface area contributed by atoms with Crippen LogP contribution in [0.15, 0.2) is 84.4 Å². The highest BCUT2D eigenvalue weighted by atomic mass is 32.2. The molecule has 4 aromatic rings. The monoisotopic (exact) mass is 484 g/mol. The molecule has 0 fully saturated rings. The maximum absolute atomic E-state index is 13.2. The van der Waals surface area contributed by atoms with Crippen LogP contribution in [0.5, 0.6) is 0 Å². The number of sulfone groups is 1. The topological polar surface area (TPSA) is 77.7 Å². The summed E-state index contributed by atoms with van der Waals surface area (Å²) >= 11 is 0. The third-order valence-corrected chi connectivity index (χ3v) is 5.31. The van der Waals surface area contributed by atoms with E-state index in [0.717, 1.165) is 17.9 Å². The quantitative estimate of drug-likeness (QED) is 0.315. The maximum Gasteiger partial charge on any atom is 0.433 e. The number of hydrogen-bond donors (Lipinski definition) is 0. The predicted molar refractivity (Wildman–Crippen MR) is 121 cm³/mol. The van der Waals surface area contributed by atoms with Crippen LogP contribution in [0.1, 0.15) is 16.8 Å². The Hall–Kier alpha value is -3.97. The summed E-state index contributed by atoms with van der Waals surface area (Å²) in [6, 6.07) is 16.8. The van der Waals surface area contributed by atoms with Crippen molar-refractivity contribution in [2.75, 3.05) is 6.26 Å². The summed E-state index contributed by atoms with van der Waals surface area (Å²) in [5.41, 5.74) is 0.459. The molecule has 0 aliphatic rings. The number of alkyl halides is 3. The fourth-order valence-electron chi connectivity index (χ4n) is 2.87. The Kier molecular flexibility index (Phi) is 7.48. The van der Waals surface area contributed by atoms with Crippen molar-refractivity contribution in [1.29, 1.82) is 0 Å². The SMILES string of the molecule is C#Cc1ccc(Cn2cccc2-c2cc(C(F)(F)F)nc(S(C)(=O)=O)n2)cc1.c1ccncc1. The van der Waals surface area contributed by atoms with E-state index in [1.54, 1.807) is 47.4 Å². The number of pyridine rings is 1. The molecular weight excluding hydrogens is 465 g/mol. The zero-order valence-electron chi connectivity index (χ0n) is 17.9. The van der Waals surface area contributed by atoms with Crippen LogP contribution in [0.3, 0.4) is 0 Å². The highest BCUT2D eigenvalue weighted by Crippen LogP contribution is 2.31. The minimum absolute atomic E-state index is 0.131. The Morgan fingerprint density at radius 3 is 2.18 bits per heavy atom. The second-order valence-electron chi connectivity index (χ2n) is 7.08. The van der Waals surface area contributed by atoms with Gasteiger partial charge < -0.3 is 4.57 Å². The zero-order valence-corrected chi connectivity index (χ0v) is 18.8. The molecule has 6 nitrogen and oxygen atoms in total. The van der Waals surface area contributed by atoms with Crippen LogP contribution >= 0.6 is 0 Å². The fourth-order valence-corrected chi connectivity index (χ4v) is 3.40. The molecule has 34 heavy (non-hydrogen) atoms. The number of hydrogen-bond acceptors (Lipinski definition) is 5. The van der Waals surface area contributed by atoms with E-state index in [4.69, 9.17) is 6.42 Å². The molecule has 4 rings (SSSR count). The molecule has 3 heterocycles. The summed E-state index contributed by atoms with van der Waals surface area (Å²) in [6.45, 7) is 0.340. The highest BCUT2D eigenvalue weighted by molar-refractivity contribution is 7.90. The molecule has 0 bridgehead atoms. The summed E-state index contributed by atoms with van der Waals surface area (Å²) in [5.74, 6) is 2.50. The van der Waals surface area contributed by atoms with Crippen LogP contribution < -0.4 is 0 Å². The van der Waals surface area contributed by atoms with Gasteiger partial charge in [-0.05, 0) is 48.0 Å². The third-order valence-electron chi connectivity index (χ3n) is 4.46. The van der Waals surface area contributed by atoms with Gasteiger partial charge >= 0.3 is 6.18 Å². The Labute approximate surface area is 195 Å². The lowest BCUT2D eigenvalue weighted by molar-refractivity contribution is -0.141. The van der Waals surface area contributed by atoms with E-state index in [1.165, 1.54) is 0 Å². The summed E-state index contributed by atoms with van der Waals surface area (Å²) in [6.07, 6.45) is 6.45. The van der Waals surface area contributed by atoms with Crippen molar-refractivity contribution in [3.63, 3.8) is 0 Å². The fraction of sp³-hybridized carbons (Fsp3) is 0.125. The van der Waals surface area contributed by atoms with Gasteiger partial charge in [0.2, 0.25) is 15.0 Å². The second kappa shape index (κ2) is 10.3. The Morgan fingerprint density at radius 2 is 1.68 bits per heavy atom. The first-order chi connectivity index (χ1) is 16.1. The van der Waals surface area contributed by atoms with Crippen LogP contribution in [0.2, 0.25) is 0 Å². The van der Waals surface area contributed by atoms with Crippen LogP contribution in [0, 0.1) is 12.3 Å². The van der Waals surface area contributed by atoms with E-state index in [1.807, 2.05) is 30.3 Å². The second-order valence-corrected chi connectivity index (χ2v) is 8.99. The van der Waals surface area contributed by atoms with Gasteiger partial charge in [-0.25, -0.2) is 18.4 Å². The Bertz CT molecular complexity index is 1370. The average molecular weight is 485 g/mol. The van der Waals surface area contributed by atoms with Crippen molar-refractivity contribution in [3.8, 4) is 23.7 Å². The molecule has 10 heteroatoms. The van der Waals surface area contributed by atoms with Gasteiger partial charge in [0.05, 0.1) is 11.4 Å². The minimum Gasteiger partial charge on any atom is -0.342 e. The number of aromatic nitrogens is 4. The molecule has 0 aliphatic carbocycles. The summed E-state index contributed by atoms with van der Waals surface area (Å²) in [7, 11) is -4.03. The van der Waals surface area contributed by atoms with Crippen molar-refractivity contribution >= 4 is 9.84 Å². The first kappa shape index (κ1) is 24.7. The molecule has 1 aromatic carbocycles. The van der Waals surface area contributed by atoms with E-state index >= 15 is 0 Å². The van der Waals surface area contributed by atoms with E-state index in [0.29, 0.717) is 17.8 Å². The van der Waals surface area contributed by atoms with E-state index in [2.05, 4.69) is 20.9 Å². The lowest BCUT2D eigenvalue weighted by Gasteiger charge is -2.12. The molecule has 0 saturated carbocycles. The number of nitrogens with zero attached hydrogens (tertiary/aromatic N) is 4. The molecule has 3 aromatic heterocycles. The van der Waals surface area contributed by atoms with Gasteiger partial charge in [-0.1, -0.05) is 24.1 Å². The van der Waals surface area contributed by atoms with Crippen LogP contribution in [0.4, 0.5) is 13.2 Å². The van der Waals surface area contributed by atoms with Crippen molar-refractivity contribution in [2.24, 2.45) is 0 Å². The van der Waals surface area contributed by atoms with Gasteiger partial charge in [0.1, 0.15) is 5.69 Å². The molecule has 0 unspecified atom stereocenters. The number of halogens is 3. The number of benzene rings is 1. The number of terminal acetylenes is 1. The van der Waals surface area contributed by atoms with Crippen LogP contribution in [0.25, 0.3) is 11.4 Å². The van der Waals surface area contributed by atoms with E-state index < -0.39 is 26.9 Å². The van der Waals surface area contributed by atoms with Crippen molar-refractivity contribution in [2.45, 2.75) is 17.9 Å². The van der Waals surface area contributed by atoms with Crippen LogP contribution in [-0.2, 0) is 22.6 Å². The van der Waals surface area contributed by atoms with Gasteiger partial charge in [-0.15, -0.1) is 6.42 Å². The minimum atomic E-state index is -4.81. The molecule has 0 spiro atoms. The number of rotatable bonds is 4. The van der Waals surface area contributed by atoms with Crippen LogP contribution in [-0.4, -0.2) is 34.2 Å². The molecule has 0 atom stereocenters. The predicted octanol–water partition coefficient (Wildman–Crippen LogP) is 4.48. The zero-order chi connectivity index (χ0) is 24.8. The molecule has 0 aliphatic heterocycles. The lowest BCUT2D eigenvalue weighted by atomic mass is 10.1. The molecular formula is C24H19F3N4O2S. The van der Waals surface area contributed by atoms with Crippen molar-refractivity contribution < 1.29 is 21.6 Å². The summed E-state index contributed by atoms with van der Waals surface area (Å²) in [4.78, 5) is 10.8. The standard InChI is InChI=1S/C19H14F3N3O2S.C5H5N/c1-3-13-6-8-14(9-7-13)12-25-10-4-5-16(25)15-11-17(19(20,21)22)24-18(23-15)28(2,26)27;1-2-4-6-5-3-1/h1,4-11H,12H2,2H3;1-5H. The normalized spacial score (nSPS) is 11.3. The average Bonchev–Trinajstić information content (AvgIpc) is 3.28. The largest absolute Gasteiger partial charge is 0.433 e. The van der Waals surface area contributed by atoms with Gasteiger partial charge in [-0.2, -0.15) is 13.2 Å². The van der Waals surface area contributed by atoms with E-state index in [-0.39, 0.29) is 5.69 Å². The van der Waals surface area contributed by atoms with Gasteiger partial charge in [0.15, 0.2) is 0 Å². The molecule has 0 saturated heterocycles. The van der Waals surface area contributed by atoms with Crippen molar-refractivity contribution in [1.82, 2.24) is 19.5 Å². The van der Waals surface area contributed by atoms with Crippen molar-refractivity contribution in [3.05, 3.63) is 96.1 Å². The lowest BCUT2D eigenvalue weighted by Crippen LogP contribution is -2.14. The molecule has 0 amide bonds. The third kappa shape index (κ3) is 6.52. The molecule has 174 valence electrons. The first-order valence-electron chi connectivity index (χ1n) is 9.80. The van der Waals surface area contributed by atoms with Gasteiger partial charge in [0, 0.05) is 37.0 Å². The van der Waals surface area contributed by atoms with Gasteiger partial charge in [0.25, 0.3) is 0 Å². The molecule has 0 N–H and O–H groups in total.